The lowest BCUT2D eigenvalue weighted by Gasteiger charge is -2.35. The first-order valence-corrected chi connectivity index (χ1v) is 9.32. The van der Waals surface area contributed by atoms with Crippen LogP contribution in [0.15, 0.2) is 24.3 Å². The molecule has 7 nitrogen and oxygen atoms in total. The normalized spacial score (nSPS) is 15.8. The first-order chi connectivity index (χ1) is 13.0. The molecule has 1 aromatic rings. The highest BCUT2D eigenvalue weighted by molar-refractivity contribution is 6.40. The number of likely N-dealkylation sites (tertiary alicyclic amines) is 1. The molecule has 1 aromatic carbocycles. The standard InChI is InChI=1S/C18H28BN3O2.CO2/c20-13-15-4-3-5-16(12-15)14-22-10-7-17(8-11-22)18(21)6-1-2-9-19(23)24;2-1-3/h3-5,12,17-18,23-24H,1-2,6-11,14,21H2;. The van der Waals surface area contributed by atoms with Gasteiger partial charge in [0.1, 0.15) is 0 Å². The van der Waals surface area contributed by atoms with Gasteiger partial charge in [0.2, 0.25) is 0 Å². The molecule has 4 N–H and O–H groups in total. The Morgan fingerprint density at radius 3 is 2.52 bits per heavy atom. The van der Waals surface area contributed by atoms with Gasteiger partial charge in [-0.1, -0.05) is 25.0 Å². The van der Waals surface area contributed by atoms with E-state index in [4.69, 9.17) is 30.6 Å². The molecule has 0 spiro atoms. The maximum atomic E-state index is 8.98. The fourth-order valence-corrected chi connectivity index (χ4v) is 3.48. The summed E-state index contributed by atoms with van der Waals surface area (Å²) in [6.45, 7) is 2.99. The van der Waals surface area contributed by atoms with Crippen molar-refractivity contribution in [1.82, 2.24) is 4.90 Å². The fraction of sp³-hybridized carbons (Fsp3) is 0.579. The van der Waals surface area contributed by atoms with Crippen molar-refractivity contribution in [2.24, 2.45) is 11.7 Å². The summed E-state index contributed by atoms with van der Waals surface area (Å²) in [5, 5.41) is 26.7. The molecule has 1 aliphatic heterocycles. The van der Waals surface area contributed by atoms with E-state index in [2.05, 4.69) is 17.0 Å². The predicted molar refractivity (Wildman–Crippen MR) is 101 cm³/mol. The lowest BCUT2D eigenvalue weighted by atomic mass is 9.82. The highest BCUT2D eigenvalue weighted by atomic mass is 16.4. The van der Waals surface area contributed by atoms with E-state index in [9.17, 15) is 0 Å². The Labute approximate surface area is 160 Å². The zero-order valence-corrected chi connectivity index (χ0v) is 15.6. The second-order valence-corrected chi connectivity index (χ2v) is 6.94. The maximum Gasteiger partial charge on any atom is 0.451 e. The van der Waals surface area contributed by atoms with Gasteiger partial charge in [-0.15, -0.1) is 0 Å². The van der Waals surface area contributed by atoms with Crippen LogP contribution in [-0.2, 0) is 16.1 Å². The molecule has 27 heavy (non-hydrogen) atoms. The van der Waals surface area contributed by atoms with Crippen LogP contribution in [-0.4, -0.2) is 47.3 Å². The number of nitrogens with two attached hydrogens (primary N) is 1. The van der Waals surface area contributed by atoms with Crippen LogP contribution in [0.3, 0.4) is 0 Å². The zero-order chi connectivity index (χ0) is 20.1. The van der Waals surface area contributed by atoms with Crippen molar-refractivity contribution in [2.75, 3.05) is 13.1 Å². The summed E-state index contributed by atoms with van der Waals surface area (Å²) in [6.07, 6.45) is 5.65. The third-order valence-electron chi connectivity index (χ3n) is 4.95. The molecule has 0 amide bonds. The summed E-state index contributed by atoms with van der Waals surface area (Å²) >= 11 is 0. The number of unbranched alkanes of at least 4 members (excludes halogenated alkanes) is 1. The zero-order valence-electron chi connectivity index (χ0n) is 15.6. The van der Waals surface area contributed by atoms with E-state index in [0.29, 0.717) is 12.2 Å². The summed E-state index contributed by atoms with van der Waals surface area (Å²) in [5.41, 5.74) is 8.24. The van der Waals surface area contributed by atoms with Crippen molar-refractivity contribution in [3.63, 3.8) is 0 Å². The summed E-state index contributed by atoms with van der Waals surface area (Å²) in [6, 6.07) is 10.2. The molecule has 0 aliphatic carbocycles. The molecule has 0 aromatic heterocycles. The number of nitriles is 1. The Morgan fingerprint density at radius 1 is 1.26 bits per heavy atom. The topological polar surface area (TPSA) is 128 Å². The summed E-state index contributed by atoms with van der Waals surface area (Å²) in [5.74, 6) is 0.561. The second-order valence-electron chi connectivity index (χ2n) is 6.94. The number of nitrogens with zero attached hydrogens (tertiary/aromatic N) is 2. The average molecular weight is 373 g/mol. The SMILES string of the molecule is N#Cc1cccc(CN2CCC(C(N)CCCCB(O)O)CC2)c1.O=C=O. The van der Waals surface area contributed by atoms with Crippen molar-refractivity contribution in [2.45, 2.75) is 51.0 Å². The van der Waals surface area contributed by atoms with Crippen LogP contribution in [0, 0.1) is 17.2 Å². The van der Waals surface area contributed by atoms with Crippen LogP contribution in [0.4, 0.5) is 0 Å². The van der Waals surface area contributed by atoms with E-state index < -0.39 is 7.12 Å². The van der Waals surface area contributed by atoms with Crippen LogP contribution in [0.25, 0.3) is 0 Å². The molecule has 0 bridgehead atoms. The van der Waals surface area contributed by atoms with Gasteiger partial charge in [-0.25, -0.2) is 0 Å². The Kier molecular flexibility index (Phi) is 11.3. The van der Waals surface area contributed by atoms with Crippen molar-refractivity contribution in [3.05, 3.63) is 35.4 Å². The monoisotopic (exact) mass is 373 g/mol. The minimum absolute atomic E-state index is 0.213. The average Bonchev–Trinajstić information content (AvgIpc) is 2.66. The molecule has 2 rings (SSSR count). The Balaban J connectivity index is 0.00000114. The molecule has 1 aliphatic rings. The molecule has 0 saturated carbocycles. The van der Waals surface area contributed by atoms with Crippen LogP contribution in [0.1, 0.15) is 43.2 Å². The quantitative estimate of drug-likeness (QED) is 0.461. The molecule has 0 radical (unpaired) electrons. The first kappa shape index (κ1) is 23.0. The van der Waals surface area contributed by atoms with Crippen LogP contribution >= 0.6 is 0 Å². The predicted octanol–water partition coefficient (Wildman–Crippen LogP) is 1.16. The second kappa shape index (κ2) is 13.2. The van der Waals surface area contributed by atoms with Crippen molar-refractivity contribution < 1.29 is 19.6 Å². The number of benzene rings is 1. The smallest absolute Gasteiger partial charge is 0.427 e. The summed E-state index contributed by atoms with van der Waals surface area (Å²) < 4.78 is 0. The van der Waals surface area contributed by atoms with Crippen LogP contribution < -0.4 is 5.73 Å². The van der Waals surface area contributed by atoms with E-state index in [1.165, 1.54) is 5.56 Å². The number of piperidine rings is 1. The molecule has 1 heterocycles. The lowest BCUT2D eigenvalue weighted by molar-refractivity contribution is -0.191. The number of hydrogen-bond donors (Lipinski definition) is 3. The van der Waals surface area contributed by atoms with Crippen LogP contribution in [0.2, 0.25) is 6.32 Å². The summed E-state index contributed by atoms with van der Waals surface area (Å²) in [4.78, 5) is 18.7. The molecule has 1 fully saturated rings. The third kappa shape index (κ3) is 9.48. The van der Waals surface area contributed by atoms with E-state index in [1.807, 2.05) is 18.2 Å². The van der Waals surface area contributed by atoms with E-state index in [1.54, 1.807) is 0 Å². The van der Waals surface area contributed by atoms with Gasteiger partial charge in [-0.3, -0.25) is 4.90 Å². The highest BCUT2D eigenvalue weighted by Gasteiger charge is 2.24. The minimum Gasteiger partial charge on any atom is -0.427 e. The van der Waals surface area contributed by atoms with Gasteiger partial charge in [0, 0.05) is 12.6 Å². The van der Waals surface area contributed by atoms with E-state index >= 15 is 0 Å². The van der Waals surface area contributed by atoms with Gasteiger partial charge in [0.25, 0.3) is 0 Å². The number of carbonyl (C=O) groups excluding carboxylic acids is 2. The molecular formula is C19H28BN3O4. The van der Waals surface area contributed by atoms with Crippen molar-refractivity contribution in [1.29, 1.82) is 5.26 Å². The molecular weight excluding hydrogens is 345 g/mol. The molecule has 1 saturated heterocycles. The lowest BCUT2D eigenvalue weighted by Crippen LogP contribution is -2.40. The first-order valence-electron chi connectivity index (χ1n) is 9.32. The van der Waals surface area contributed by atoms with Gasteiger partial charge in [0.15, 0.2) is 0 Å². The van der Waals surface area contributed by atoms with Crippen LogP contribution in [0.5, 0.6) is 0 Å². The van der Waals surface area contributed by atoms with Gasteiger partial charge >= 0.3 is 13.3 Å². The molecule has 1 unspecified atom stereocenters. The Bertz CT molecular complexity index is 622. The highest BCUT2D eigenvalue weighted by Crippen LogP contribution is 2.24. The van der Waals surface area contributed by atoms with Gasteiger partial charge in [0.05, 0.1) is 11.6 Å². The molecule has 1 atom stereocenters. The van der Waals surface area contributed by atoms with E-state index in [0.717, 1.165) is 57.3 Å². The van der Waals surface area contributed by atoms with E-state index in [-0.39, 0.29) is 12.2 Å². The number of hydrogen-bond acceptors (Lipinski definition) is 7. The third-order valence-corrected chi connectivity index (χ3v) is 4.95. The Morgan fingerprint density at radius 2 is 1.93 bits per heavy atom. The molecule has 146 valence electrons. The largest absolute Gasteiger partial charge is 0.451 e. The number of rotatable bonds is 8. The fourth-order valence-electron chi connectivity index (χ4n) is 3.48. The molecule has 8 heteroatoms. The minimum atomic E-state index is -1.19. The maximum absolute atomic E-state index is 8.98. The van der Waals surface area contributed by atoms with Crippen molar-refractivity contribution >= 4 is 13.3 Å². The van der Waals surface area contributed by atoms with Gasteiger partial charge in [-0.05, 0) is 62.3 Å². The van der Waals surface area contributed by atoms with Crippen molar-refractivity contribution in [3.8, 4) is 6.07 Å². The van der Waals surface area contributed by atoms with Gasteiger partial charge in [-0.2, -0.15) is 14.9 Å². The Hall–Kier alpha value is -2.01. The summed E-state index contributed by atoms with van der Waals surface area (Å²) in [7, 11) is -1.19. The van der Waals surface area contributed by atoms with Gasteiger partial charge < -0.3 is 15.8 Å².